The summed E-state index contributed by atoms with van der Waals surface area (Å²) in [5, 5.41) is 2.95. The molecule has 3 aromatic rings. The van der Waals surface area contributed by atoms with Gasteiger partial charge in [0, 0.05) is 17.8 Å². The fourth-order valence-electron chi connectivity index (χ4n) is 2.21. The van der Waals surface area contributed by atoms with Crippen molar-refractivity contribution in [3.05, 3.63) is 52.9 Å². The summed E-state index contributed by atoms with van der Waals surface area (Å²) in [7, 11) is -4.21. The van der Waals surface area contributed by atoms with Crippen molar-refractivity contribution in [3.8, 4) is 11.5 Å². The van der Waals surface area contributed by atoms with Crippen LogP contribution in [0, 0.1) is 6.92 Å². The summed E-state index contributed by atoms with van der Waals surface area (Å²) in [6, 6.07) is 5.37. The Hall–Kier alpha value is -2.46. The molecule has 0 aliphatic heterocycles. The van der Waals surface area contributed by atoms with Crippen LogP contribution in [0.15, 0.2) is 50.4 Å². The quantitative estimate of drug-likeness (QED) is 0.677. The number of rotatable bonds is 4. The molecule has 0 saturated carbocycles. The molecule has 0 spiro atoms. The standard InChI is InChI=1S/C15H10ClF3N2O4S/c1-8-14(7-13(24-8)12-4-5-20-25-12)26(22,23)21-9-2-3-11(16)10(6-9)15(17,18)19/h2-7,21H,1H3. The van der Waals surface area contributed by atoms with Crippen molar-refractivity contribution in [1.82, 2.24) is 5.16 Å². The van der Waals surface area contributed by atoms with Crippen molar-refractivity contribution < 1.29 is 30.5 Å². The van der Waals surface area contributed by atoms with Crippen LogP contribution in [-0.4, -0.2) is 13.6 Å². The molecule has 2 heterocycles. The average Bonchev–Trinajstić information content (AvgIpc) is 3.17. The molecule has 6 nitrogen and oxygen atoms in total. The molecule has 0 unspecified atom stereocenters. The Labute approximate surface area is 150 Å². The van der Waals surface area contributed by atoms with Gasteiger partial charge in [-0.25, -0.2) is 8.42 Å². The van der Waals surface area contributed by atoms with Gasteiger partial charge < -0.3 is 8.94 Å². The number of hydrogen-bond acceptors (Lipinski definition) is 5. The molecule has 1 N–H and O–H groups in total. The van der Waals surface area contributed by atoms with Gasteiger partial charge in [-0.15, -0.1) is 0 Å². The number of benzene rings is 1. The zero-order valence-corrected chi connectivity index (χ0v) is 14.5. The van der Waals surface area contributed by atoms with Gasteiger partial charge in [-0.1, -0.05) is 16.8 Å². The van der Waals surface area contributed by atoms with E-state index in [2.05, 4.69) is 9.88 Å². The number of nitrogens with zero attached hydrogens (tertiary/aromatic N) is 1. The largest absolute Gasteiger partial charge is 0.456 e. The molecule has 0 atom stereocenters. The lowest BCUT2D eigenvalue weighted by molar-refractivity contribution is -0.137. The summed E-state index contributed by atoms with van der Waals surface area (Å²) in [4.78, 5) is -0.243. The highest BCUT2D eigenvalue weighted by Crippen LogP contribution is 2.37. The van der Waals surface area contributed by atoms with E-state index in [4.69, 9.17) is 20.5 Å². The van der Waals surface area contributed by atoms with Crippen molar-refractivity contribution in [1.29, 1.82) is 0 Å². The SMILES string of the molecule is Cc1oc(-c2ccno2)cc1S(=O)(=O)Nc1ccc(Cl)c(C(F)(F)F)c1. The van der Waals surface area contributed by atoms with E-state index in [1.807, 2.05) is 0 Å². The smallest absolute Gasteiger partial charge is 0.417 e. The second-order valence-electron chi connectivity index (χ2n) is 5.21. The summed E-state index contributed by atoms with van der Waals surface area (Å²) >= 11 is 5.53. The minimum Gasteiger partial charge on any atom is -0.456 e. The van der Waals surface area contributed by atoms with E-state index >= 15 is 0 Å². The predicted molar refractivity (Wildman–Crippen MR) is 86.2 cm³/mol. The van der Waals surface area contributed by atoms with Crippen molar-refractivity contribution in [2.24, 2.45) is 0 Å². The van der Waals surface area contributed by atoms with Crippen LogP contribution in [0.5, 0.6) is 0 Å². The van der Waals surface area contributed by atoms with Gasteiger partial charge in [-0.2, -0.15) is 13.2 Å². The van der Waals surface area contributed by atoms with Crippen molar-refractivity contribution >= 4 is 27.3 Å². The molecular weight excluding hydrogens is 397 g/mol. The van der Waals surface area contributed by atoms with Gasteiger partial charge >= 0.3 is 6.18 Å². The molecular formula is C15H10ClF3N2O4S. The Morgan fingerprint density at radius 1 is 1.15 bits per heavy atom. The molecule has 2 aromatic heterocycles. The Morgan fingerprint density at radius 3 is 2.50 bits per heavy atom. The van der Waals surface area contributed by atoms with Crippen LogP contribution in [0.25, 0.3) is 11.5 Å². The fourth-order valence-corrected chi connectivity index (χ4v) is 3.67. The first kappa shape index (κ1) is 18.3. The average molecular weight is 407 g/mol. The zero-order chi connectivity index (χ0) is 19.1. The maximum atomic E-state index is 12.9. The van der Waals surface area contributed by atoms with Gasteiger partial charge in [0.1, 0.15) is 10.7 Å². The molecule has 11 heteroatoms. The van der Waals surface area contributed by atoms with E-state index < -0.39 is 26.8 Å². The molecule has 138 valence electrons. The summed E-state index contributed by atoms with van der Waals surface area (Å²) in [5.41, 5.74) is -1.44. The molecule has 3 rings (SSSR count). The van der Waals surface area contributed by atoms with Crippen LogP contribution < -0.4 is 4.72 Å². The van der Waals surface area contributed by atoms with Gasteiger partial charge in [-0.3, -0.25) is 4.72 Å². The first-order valence-electron chi connectivity index (χ1n) is 6.99. The number of hydrogen-bond donors (Lipinski definition) is 1. The second kappa shape index (κ2) is 6.36. The maximum Gasteiger partial charge on any atom is 0.417 e. The normalized spacial score (nSPS) is 12.3. The number of sulfonamides is 1. The van der Waals surface area contributed by atoms with E-state index in [1.54, 1.807) is 0 Å². The highest BCUT2D eigenvalue weighted by atomic mass is 35.5. The highest BCUT2D eigenvalue weighted by molar-refractivity contribution is 7.92. The van der Waals surface area contributed by atoms with E-state index in [0.29, 0.717) is 6.07 Å². The summed E-state index contributed by atoms with van der Waals surface area (Å²) in [5.74, 6) is 0.363. The van der Waals surface area contributed by atoms with Gasteiger partial charge in [-0.05, 0) is 25.1 Å². The van der Waals surface area contributed by atoms with E-state index in [1.165, 1.54) is 25.3 Å². The minimum atomic E-state index is -4.72. The van der Waals surface area contributed by atoms with Crippen LogP contribution in [0.3, 0.4) is 0 Å². The molecule has 0 fully saturated rings. The van der Waals surface area contributed by atoms with Crippen LogP contribution in [0.1, 0.15) is 11.3 Å². The predicted octanol–water partition coefficient (Wildman–Crippen LogP) is 4.72. The molecule has 1 aromatic carbocycles. The number of aromatic nitrogens is 1. The van der Waals surface area contributed by atoms with Gasteiger partial charge in [0.25, 0.3) is 10.0 Å². The molecule has 0 aliphatic rings. The molecule has 0 aliphatic carbocycles. The molecule has 0 amide bonds. The Morgan fingerprint density at radius 2 is 1.88 bits per heavy atom. The minimum absolute atomic E-state index is 0.0360. The summed E-state index contributed by atoms with van der Waals surface area (Å²) < 4.78 is 76.1. The first-order chi connectivity index (χ1) is 12.1. The van der Waals surface area contributed by atoms with Crippen LogP contribution in [-0.2, 0) is 16.2 Å². The van der Waals surface area contributed by atoms with Crippen molar-refractivity contribution in [3.63, 3.8) is 0 Å². The van der Waals surface area contributed by atoms with Crippen molar-refractivity contribution in [2.75, 3.05) is 4.72 Å². The third-order valence-electron chi connectivity index (χ3n) is 3.37. The van der Waals surface area contributed by atoms with Crippen LogP contribution in [0.2, 0.25) is 5.02 Å². The maximum absolute atomic E-state index is 12.9. The second-order valence-corrected chi connectivity index (χ2v) is 7.26. The number of halogens is 4. The van der Waals surface area contributed by atoms with Crippen LogP contribution in [0.4, 0.5) is 18.9 Å². The number of aryl methyl sites for hydroxylation is 1. The monoisotopic (exact) mass is 406 g/mol. The van der Waals surface area contributed by atoms with Gasteiger partial charge in [0.2, 0.25) is 5.76 Å². The first-order valence-corrected chi connectivity index (χ1v) is 8.85. The lowest BCUT2D eigenvalue weighted by Crippen LogP contribution is -2.14. The van der Waals surface area contributed by atoms with Gasteiger partial charge in [0.15, 0.2) is 5.76 Å². The van der Waals surface area contributed by atoms with Crippen LogP contribution >= 0.6 is 11.6 Å². The number of nitrogens with one attached hydrogen (secondary N) is 1. The third kappa shape index (κ3) is 3.56. The molecule has 0 bridgehead atoms. The zero-order valence-electron chi connectivity index (χ0n) is 13.0. The summed E-state index contributed by atoms with van der Waals surface area (Å²) in [6.07, 6.45) is -3.37. The van der Waals surface area contributed by atoms with E-state index in [0.717, 1.165) is 12.1 Å². The third-order valence-corrected chi connectivity index (χ3v) is 5.18. The number of alkyl halides is 3. The molecule has 0 radical (unpaired) electrons. The molecule has 0 saturated heterocycles. The lowest BCUT2D eigenvalue weighted by atomic mass is 10.2. The topological polar surface area (TPSA) is 85.3 Å². The van der Waals surface area contributed by atoms with E-state index in [-0.39, 0.29) is 27.9 Å². The molecule has 26 heavy (non-hydrogen) atoms. The Kier molecular flexibility index (Phi) is 4.49. The van der Waals surface area contributed by atoms with Gasteiger partial charge in [0.05, 0.1) is 16.8 Å². The Bertz CT molecular complexity index is 1040. The summed E-state index contributed by atoms with van der Waals surface area (Å²) in [6.45, 7) is 1.40. The Balaban J connectivity index is 1.96. The van der Waals surface area contributed by atoms with Crippen molar-refractivity contribution in [2.45, 2.75) is 18.0 Å². The number of furan rings is 1. The highest BCUT2D eigenvalue weighted by Gasteiger charge is 2.34. The fraction of sp³-hybridized carbons (Fsp3) is 0.133. The lowest BCUT2D eigenvalue weighted by Gasteiger charge is -2.12. The van der Waals surface area contributed by atoms with E-state index in [9.17, 15) is 21.6 Å². The number of anilines is 1.